The van der Waals surface area contributed by atoms with E-state index in [4.69, 9.17) is 9.47 Å². The lowest BCUT2D eigenvalue weighted by molar-refractivity contribution is -0.171. The highest BCUT2D eigenvalue weighted by Crippen LogP contribution is 2.23. The summed E-state index contributed by atoms with van der Waals surface area (Å²) in [6.07, 6.45) is -5.39. The second-order valence-electron chi connectivity index (χ2n) is 9.20. The van der Waals surface area contributed by atoms with Gasteiger partial charge in [-0.05, 0) is 24.3 Å². The van der Waals surface area contributed by atoms with Gasteiger partial charge in [-0.3, -0.25) is 14.6 Å². The highest BCUT2D eigenvalue weighted by molar-refractivity contribution is 5.94. The highest BCUT2D eigenvalue weighted by atomic mass is 19.3. The predicted molar refractivity (Wildman–Crippen MR) is 124 cm³/mol. The molecule has 2 fully saturated rings. The first-order valence-electron chi connectivity index (χ1n) is 12.2. The Labute approximate surface area is 212 Å². The third-order valence-electron chi connectivity index (χ3n) is 6.21. The van der Waals surface area contributed by atoms with Crippen LogP contribution in [0.4, 0.5) is 22.0 Å². The lowest BCUT2D eigenvalue weighted by atomic mass is 10.1. The van der Waals surface area contributed by atoms with Crippen LogP contribution in [0, 0.1) is 5.82 Å². The van der Waals surface area contributed by atoms with Crippen LogP contribution in [0.3, 0.4) is 0 Å². The fraction of sp³-hybridized carbons (Fsp3) is 0.708. The molecule has 0 spiro atoms. The van der Waals surface area contributed by atoms with E-state index in [1.807, 2.05) is 4.90 Å². The van der Waals surface area contributed by atoms with Gasteiger partial charge in [0, 0.05) is 57.9 Å². The van der Waals surface area contributed by atoms with Gasteiger partial charge in [0.1, 0.15) is 12.4 Å². The molecule has 2 saturated heterocycles. The lowest BCUT2D eigenvalue weighted by Gasteiger charge is -2.37. The molecule has 0 radical (unpaired) electrons. The molecule has 0 bridgehead atoms. The van der Waals surface area contributed by atoms with Crippen molar-refractivity contribution in [2.75, 3.05) is 85.4 Å². The van der Waals surface area contributed by atoms with Crippen molar-refractivity contribution in [2.45, 2.75) is 24.6 Å². The quantitative estimate of drug-likeness (QED) is 0.382. The summed E-state index contributed by atoms with van der Waals surface area (Å²) < 4.78 is 79.6. The molecule has 1 amide bonds. The molecular formula is C24H34F5N3O5. The van der Waals surface area contributed by atoms with E-state index in [2.05, 4.69) is 9.64 Å². The number of carbonyl (C=O) groups excluding carboxylic acids is 1. The van der Waals surface area contributed by atoms with Crippen LogP contribution in [-0.4, -0.2) is 136 Å². The number of morpholine rings is 2. The Morgan fingerprint density at radius 3 is 2.49 bits per heavy atom. The maximum absolute atomic E-state index is 13.4. The fourth-order valence-corrected chi connectivity index (χ4v) is 4.18. The minimum Gasteiger partial charge on any atom is -0.389 e. The third-order valence-corrected chi connectivity index (χ3v) is 6.21. The molecule has 1 N–H and O–H groups in total. The van der Waals surface area contributed by atoms with Gasteiger partial charge in [0.25, 0.3) is 5.91 Å². The van der Waals surface area contributed by atoms with Crippen LogP contribution < -0.4 is 0 Å². The molecule has 210 valence electrons. The Kier molecular flexibility index (Phi) is 11.5. The minimum atomic E-state index is -4.27. The largest absolute Gasteiger partial charge is 0.389 e. The van der Waals surface area contributed by atoms with E-state index in [1.54, 1.807) is 4.90 Å². The molecule has 37 heavy (non-hydrogen) atoms. The zero-order chi connectivity index (χ0) is 26.8. The van der Waals surface area contributed by atoms with E-state index in [0.717, 1.165) is 13.1 Å². The van der Waals surface area contributed by atoms with Gasteiger partial charge in [-0.1, -0.05) is 0 Å². The van der Waals surface area contributed by atoms with Crippen molar-refractivity contribution < 1.29 is 46.1 Å². The van der Waals surface area contributed by atoms with Crippen molar-refractivity contribution in [3.05, 3.63) is 35.6 Å². The summed E-state index contributed by atoms with van der Waals surface area (Å²) in [5.41, 5.74) is 0.351. The molecule has 0 saturated carbocycles. The van der Waals surface area contributed by atoms with Crippen LogP contribution in [0.5, 0.6) is 0 Å². The maximum atomic E-state index is 13.4. The molecular weight excluding hydrogens is 505 g/mol. The smallest absolute Gasteiger partial charge is 0.330 e. The number of ether oxygens (including phenoxy) is 3. The Morgan fingerprint density at radius 1 is 1.14 bits per heavy atom. The van der Waals surface area contributed by atoms with Gasteiger partial charge in [0.2, 0.25) is 0 Å². The number of halogens is 5. The van der Waals surface area contributed by atoms with Crippen molar-refractivity contribution in [3.63, 3.8) is 0 Å². The van der Waals surface area contributed by atoms with Crippen molar-refractivity contribution in [1.29, 1.82) is 0 Å². The number of aliphatic hydroxyl groups is 1. The Balaban J connectivity index is 1.53. The van der Waals surface area contributed by atoms with Gasteiger partial charge in [0.05, 0.1) is 38.6 Å². The number of hydrogen-bond donors (Lipinski definition) is 1. The first kappa shape index (κ1) is 29.7. The van der Waals surface area contributed by atoms with Crippen molar-refractivity contribution >= 4 is 5.91 Å². The molecule has 0 unspecified atom stereocenters. The van der Waals surface area contributed by atoms with Crippen LogP contribution in [0.1, 0.15) is 10.4 Å². The first-order chi connectivity index (χ1) is 17.6. The number of nitrogens with zero attached hydrogens (tertiary/aromatic N) is 3. The van der Waals surface area contributed by atoms with Crippen molar-refractivity contribution in [1.82, 2.24) is 14.7 Å². The predicted octanol–water partition coefficient (Wildman–Crippen LogP) is 1.58. The van der Waals surface area contributed by atoms with Crippen LogP contribution in [0.2, 0.25) is 0 Å². The fourth-order valence-electron chi connectivity index (χ4n) is 4.18. The number of aliphatic hydroxyl groups excluding tert-OH is 1. The van der Waals surface area contributed by atoms with Crippen molar-refractivity contribution in [2.24, 2.45) is 0 Å². The number of rotatable bonds is 13. The van der Waals surface area contributed by atoms with Crippen LogP contribution >= 0.6 is 0 Å². The summed E-state index contributed by atoms with van der Waals surface area (Å²) in [7, 11) is 0. The number of carbonyl (C=O) groups is 1. The van der Waals surface area contributed by atoms with E-state index in [1.165, 1.54) is 24.3 Å². The van der Waals surface area contributed by atoms with Crippen LogP contribution in [-0.2, 0) is 14.2 Å². The van der Waals surface area contributed by atoms with Gasteiger partial charge in [-0.2, -0.15) is 8.78 Å². The van der Waals surface area contributed by atoms with Gasteiger partial charge in [-0.25, -0.2) is 13.2 Å². The second-order valence-corrected chi connectivity index (χ2v) is 9.20. The van der Waals surface area contributed by atoms with Gasteiger partial charge in [0.15, 0.2) is 0 Å². The third kappa shape index (κ3) is 9.73. The first-order valence-corrected chi connectivity index (χ1v) is 12.2. The summed E-state index contributed by atoms with van der Waals surface area (Å²) in [5.74, 6) is -4.98. The Morgan fingerprint density at radius 2 is 1.81 bits per heavy atom. The van der Waals surface area contributed by atoms with Gasteiger partial charge < -0.3 is 24.2 Å². The molecule has 3 rings (SSSR count). The monoisotopic (exact) mass is 539 g/mol. The van der Waals surface area contributed by atoms with E-state index in [0.29, 0.717) is 51.6 Å². The Hall–Kier alpha value is -1.90. The number of hydrogen-bond acceptors (Lipinski definition) is 7. The number of amides is 1. The van der Waals surface area contributed by atoms with E-state index in [-0.39, 0.29) is 25.1 Å². The summed E-state index contributed by atoms with van der Waals surface area (Å²) in [6.45, 7) is 3.29. The summed E-state index contributed by atoms with van der Waals surface area (Å²) in [6, 6.07) is 5.32. The van der Waals surface area contributed by atoms with Gasteiger partial charge >= 0.3 is 12.3 Å². The van der Waals surface area contributed by atoms with Crippen LogP contribution in [0.15, 0.2) is 24.3 Å². The summed E-state index contributed by atoms with van der Waals surface area (Å²) in [5, 5.41) is 10.1. The summed E-state index contributed by atoms with van der Waals surface area (Å²) in [4.78, 5) is 18.9. The Bertz CT molecular complexity index is 829. The van der Waals surface area contributed by atoms with E-state index >= 15 is 0 Å². The molecule has 13 heteroatoms. The number of alkyl halides is 4. The molecule has 2 heterocycles. The SMILES string of the molecule is O=C(c1ccc(F)cc1)N(CCN1CCOCC1)C[C@@H]1CN(C[C@@H](O)COCC(F)(F)C(F)F)CCO1. The lowest BCUT2D eigenvalue weighted by Crippen LogP contribution is -2.52. The van der Waals surface area contributed by atoms with E-state index in [9.17, 15) is 31.9 Å². The standard InChI is InChI=1S/C24H34F5N3O5/c25-19-3-1-18(2-4-19)22(34)32(6-5-30-7-10-35-11-8-30)15-21-14-31(9-12-37-21)13-20(33)16-36-17-24(28,29)23(26)27/h1-4,20-21,23,33H,5-17H2/t20-,21+/m1/s1. The molecule has 8 nitrogen and oxygen atoms in total. The number of β-amino-alcohol motifs (C(OH)–C–C–N with tert-alkyl or cyclic N) is 1. The van der Waals surface area contributed by atoms with E-state index < -0.39 is 37.5 Å². The normalized spacial score (nSPS) is 20.8. The highest BCUT2D eigenvalue weighted by Gasteiger charge is 2.41. The average molecular weight is 540 g/mol. The molecule has 1 aromatic rings. The van der Waals surface area contributed by atoms with Crippen LogP contribution in [0.25, 0.3) is 0 Å². The molecule has 0 aliphatic carbocycles. The van der Waals surface area contributed by atoms with Crippen molar-refractivity contribution in [3.8, 4) is 0 Å². The second kappa shape index (κ2) is 14.3. The molecule has 2 aliphatic rings. The minimum absolute atomic E-state index is 0.0692. The topological polar surface area (TPSA) is 74.7 Å². The molecule has 2 aliphatic heterocycles. The maximum Gasteiger partial charge on any atom is 0.330 e. The zero-order valence-electron chi connectivity index (χ0n) is 20.5. The summed E-state index contributed by atoms with van der Waals surface area (Å²) >= 11 is 0. The zero-order valence-corrected chi connectivity index (χ0v) is 20.5. The molecule has 2 atom stereocenters. The molecule has 0 aromatic heterocycles. The average Bonchev–Trinajstić information content (AvgIpc) is 2.87. The van der Waals surface area contributed by atoms with Gasteiger partial charge in [-0.15, -0.1) is 0 Å². The molecule has 1 aromatic carbocycles. The number of benzene rings is 1.